The van der Waals surface area contributed by atoms with Crippen LogP contribution in [-0.4, -0.2) is 17.5 Å². The number of benzene rings is 1. The van der Waals surface area contributed by atoms with E-state index in [1.807, 2.05) is 27.7 Å². The summed E-state index contributed by atoms with van der Waals surface area (Å²) in [5, 5.41) is 0.418. The Morgan fingerprint density at radius 2 is 1.94 bits per heavy atom. The van der Waals surface area contributed by atoms with Gasteiger partial charge in [0.25, 0.3) is 0 Å². The molecule has 0 fully saturated rings. The van der Waals surface area contributed by atoms with Crippen molar-refractivity contribution in [2.75, 3.05) is 0 Å². The van der Waals surface area contributed by atoms with Gasteiger partial charge < -0.3 is 4.74 Å². The summed E-state index contributed by atoms with van der Waals surface area (Å²) in [5.41, 5.74) is 0.149. The number of carbonyl (C=O) groups excluding carboxylic acids is 1. The molecule has 0 amide bonds. The van der Waals surface area contributed by atoms with E-state index in [4.69, 9.17) is 16.3 Å². The molecule has 0 saturated heterocycles. The average molecular weight is 265 g/mol. The van der Waals surface area contributed by atoms with Crippen LogP contribution < -0.4 is 0 Å². The summed E-state index contributed by atoms with van der Waals surface area (Å²) in [6.45, 7) is 7.65. The van der Waals surface area contributed by atoms with Crippen molar-refractivity contribution in [2.24, 2.45) is 0 Å². The Labute approximate surface area is 113 Å². The first-order valence-corrected chi connectivity index (χ1v) is 6.15. The minimum atomic E-state index is -0.295. The average Bonchev–Trinajstić information content (AvgIpc) is 2.24. The fourth-order valence-corrected chi connectivity index (χ4v) is 1.66. The van der Waals surface area contributed by atoms with Gasteiger partial charge in [0.1, 0.15) is 6.10 Å². The molecule has 0 N–H and O–H groups in total. The zero-order valence-electron chi connectivity index (χ0n) is 11.1. The van der Waals surface area contributed by atoms with Gasteiger partial charge in [-0.1, -0.05) is 29.7 Å². The lowest BCUT2D eigenvalue weighted by atomic mass is 10.1. The summed E-state index contributed by atoms with van der Waals surface area (Å²) in [4.78, 5) is 11.8. The van der Waals surface area contributed by atoms with E-state index in [1.165, 1.54) is 0 Å². The molecule has 18 heavy (non-hydrogen) atoms. The van der Waals surface area contributed by atoms with Crippen LogP contribution in [0.3, 0.4) is 0 Å². The van der Waals surface area contributed by atoms with Crippen LogP contribution in [0.2, 0.25) is 5.02 Å². The number of halogens is 1. The maximum atomic E-state index is 11.8. The Balaban J connectivity index is 2.75. The molecule has 1 rings (SSSR count). The molecule has 0 aliphatic rings. The van der Waals surface area contributed by atoms with E-state index in [0.717, 1.165) is 0 Å². The Bertz CT molecular complexity index is 489. The maximum Gasteiger partial charge on any atom is 0.237 e. The molecule has 0 aliphatic carbocycles. The van der Waals surface area contributed by atoms with Gasteiger partial charge in [-0.05, 0) is 45.7 Å². The lowest BCUT2D eigenvalue weighted by Crippen LogP contribution is -2.24. The lowest BCUT2D eigenvalue weighted by molar-refractivity contribution is -0.0257. The molecule has 0 heterocycles. The van der Waals surface area contributed by atoms with Crippen LogP contribution in [0.1, 0.15) is 38.1 Å². The number of carbonyl (C=O) groups is 1. The summed E-state index contributed by atoms with van der Waals surface area (Å²) in [7, 11) is 0. The molecule has 1 atom stereocenters. The van der Waals surface area contributed by atoms with Gasteiger partial charge in [0.2, 0.25) is 5.78 Å². The molecule has 1 aromatic rings. The first kappa shape index (κ1) is 14.8. The van der Waals surface area contributed by atoms with Crippen molar-refractivity contribution >= 4 is 17.4 Å². The zero-order valence-corrected chi connectivity index (χ0v) is 11.8. The largest absolute Gasteiger partial charge is 0.360 e. The second-order valence-electron chi connectivity index (χ2n) is 4.95. The third-order valence-electron chi connectivity index (χ3n) is 2.04. The molecule has 3 heteroatoms. The van der Waals surface area contributed by atoms with Crippen molar-refractivity contribution in [3.05, 3.63) is 34.9 Å². The summed E-state index contributed by atoms with van der Waals surface area (Å²) >= 11 is 5.92. The topological polar surface area (TPSA) is 26.3 Å². The van der Waals surface area contributed by atoms with E-state index >= 15 is 0 Å². The Hall–Kier alpha value is -1.30. The van der Waals surface area contributed by atoms with Crippen molar-refractivity contribution in [1.29, 1.82) is 0 Å². The molecule has 0 bridgehead atoms. The summed E-state index contributed by atoms with van der Waals surface area (Å²) in [6.07, 6.45) is -0.295. The van der Waals surface area contributed by atoms with Crippen molar-refractivity contribution in [3.8, 4) is 11.8 Å². The summed E-state index contributed by atoms with van der Waals surface area (Å²) in [5.74, 6) is 5.06. The summed E-state index contributed by atoms with van der Waals surface area (Å²) in [6, 6.07) is 6.87. The van der Waals surface area contributed by atoms with Gasteiger partial charge in [0, 0.05) is 5.56 Å². The van der Waals surface area contributed by atoms with Gasteiger partial charge in [0.15, 0.2) is 0 Å². The quantitative estimate of drug-likeness (QED) is 0.462. The van der Waals surface area contributed by atoms with E-state index in [9.17, 15) is 4.79 Å². The van der Waals surface area contributed by atoms with Crippen molar-refractivity contribution in [3.63, 3.8) is 0 Å². The summed E-state index contributed by atoms with van der Waals surface area (Å²) < 4.78 is 5.60. The van der Waals surface area contributed by atoms with Crippen LogP contribution >= 0.6 is 11.6 Å². The Kier molecular flexibility index (Phi) is 4.95. The fourth-order valence-electron chi connectivity index (χ4n) is 1.44. The van der Waals surface area contributed by atoms with Crippen molar-refractivity contribution in [1.82, 2.24) is 0 Å². The van der Waals surface area contributed by atoms with Crippen LogP contribution in [0, 0.1) is 11.8 Å². The van der Waals surface area contributed by atoms with Crippen molar-refractivity contribution in [2.45, 2.75) is 39.4 Å². The molecule has 0 spiro atoms. The SMILES string of the molecule is CC(C#CC(=O)c1ccccc1Cl)OC(C)(C)C. The highest BCUT2D eigenvalue weighted by Gasteiger charge is 2.13. The fraction of sp³-hybridized carbons (Fsp3) is 0.400. The maximum absolute atomic E-state index is 11.8. The number of Topliss-reactive ketones (excluding diaryl/α,β-unsaturated/α-hetero) is 1. The molecular formula is C15H17ClO2. The highest BCUT2D eigenvalue weighted by atomic mass is 35.5. The van der Waals surface area contributed by atoms with Gasteiger partial charge in [0.05, 0.1) is 10.6 Å². The normalized spacial score (nSPS) is 12.5. The van der Waals surface area contributed by atoms with Gasteiger partial charge in [-0.2, -0.15) is 0 Å². The van der Waals surface area contributed by atoms with Crippen LogP contribution in [0.25, 0.3) is 0 Å². The molecule has 1 unspecified atom stereocenters. The minimum Gasteiger partial charge on any atom is -0.360 e. The number of ether oxygens (including phenoxy) is 1. The van der Waals surface area contributed by atoms with Gasteiger partial charge in [-0.3, -0.25) is 4.79 Å². The van der Waals surface area contributed by atoms with Crippen LogP contribution in [0.15, 0.2) is 24.3 Å². The first-order valence-electron chi connectivity index (χ1n) is 5.78. The third-order valence-corrected chi connectivity index (χ3v) is 2.37. The van der Waals surface area contributed by atoms with E-state index < -0.39 is 0 Å². The van der Waals surface area contributed by atoms with E-state index in [0.29, 0.717) is 10.6 Å². The smallest absolute Gasteiger partial charge is 0.237 e. The lowest BCUT2D eigenvalue weighted by Gasteiger charge is -2.21. The number of hydrogen-bond acceptors (Lipinski definition) is 2. The molecule has 0 saturated carbocycles. The van der Waals surface area contributed by atoms with Crippen LogP contribution in [0.4, 0.5) is 0 Å². The highest BCUT2D eigenvalue weighted by molar-refractivity contribution is 6.35. The Morgan fingerprint density at radius 3 is 2.50 bits per heavy atom. The highest BCUT2D eigenvalue weighted by Crippen LogP contribution is 2.15. The van der Waals surface area contributed by atoms with Gasteiger partial charge >= 0.3 is 0 Å². The monoisotopic (exact) mass is 264 g/mol. The third kappa shape index (κ3) is 4.91. The molecular weight excluding hydrogens is 248 g/mol. The van der Waals surface area contributed by atoms with E-state index in [1.54, 1.807) is 24.3 Å². The molecule has 0 aliphatic heterocycles. The number of rotatable bonds is 2. The number of ketones is 1. The number of hydrogen-bond donors (Lipinski definition) is 0. The van der Waals surface area contributed by atoms with E-state index in [-0.39, 0.29) is 17.5 Å². The van der Waals surface area contributed by atoms with Crippen molar-refractivity contribution < 1.29 is 9.53 Å². The minimum absolute atomic E-state index is 0.276. The zero-order chi connectivity index (χ0) is 13.8. The first-order chi connectivity index (χ1) is 8.29. The molecule has 96 valence electrons. The van der Waals surface area contributed by atoms with E-state index in [2.05, 4.69) is 11.8 Å². The van der Waals surface area contributed by atoms with Gasteiger partial charge in [-0.25, -0.2) is 0 Å². The molecule has 0 aromatic heterocycles. The Morgan fingerprint density at radius 1 is 1.33 bits per heavy atom. The molecule has 2 nitrogen and oxygen atoms in total. The van der Waals surface area contributed by atoms with Gasteiger partial charge in [-0.15, -0.1) is 0 Å². The second kappa shape index (κ2) is 6.04. The predicted octanol–water partition coefficient (Wildman–Crippen LogP) is 3.73. The van der Waals surface area contributed by atoms with Crippen LogP contribution in [0.5, 0.6) is 0 Å². The molecule has 1 aromatic carbocycles. The van der Waals surface area contributed by atoms with Crippen LogP contribution in [-0.2, 0) is 4.74 Å². The predicted molar refractivity (Wildman–Crippen MR) is 73.9 cm³/mol. The molecule has 0 radical (unpaired) electrons. The second-order valence-corrected chi connectivity index (χ2v) is 5.36. The standard InChI is InChI=1S/C15H17ClO2/c1-11(18-15(2,3)4)9-10-14(17)12-7-5-6-8-13(12)16/h5-8,11H,1-4H3.